The number of nitrogen functional groups attached to an aromatic ring is 1. The quantitative estimate of drug-likeness (QED) is 0.520. The number of nitrogens with two attached hydrogens (primary N) is 1. The van der Waals surface area contributed by atoms with E-state index >= 15 is 0 Å². The van der Waals surface area contributed by atoms with Crippen molar-refractivity contribution < 1.29 is 9.66 Å². The van der Waals surface area contributed by atoms with Crippen LogP contribution in [0.1, 0.15) is 0 Å². The van der Waals surface area contributed by atoms with Crippen molar-refractivity contribution in [2.45, 2.75) is 0 Å². The van der Waals surface area contributed by atoms with Crippen LogP contribution in [0.5, 0.6) is 11.6 Å². The second kappa shape index (κ2) is 5.37. The Morgan fingerprint density at radius 3 is 2.79 bits per heavy atom. The molecule has 0 aliphatic carbocycles. The van der Waals surface area contributed by atoms with Gasteiger partial charge in [-0.15, -0.1) is 0 Å². The van der Waals surface area contributed by atoms with Crippen molar-refractivity contribution in [3.8, 4) is 11.6 Å². The molecular formula is C10H6BrClN4O3. The Hall–Kier alpha value is -1.93. The molecule has 0 bridgehead atoms. The third kappa shape index (κ3) is 3.09. The molecule has 0 saturated carbocycles. The predicted octanol–water partition coefficient (Wildman–Crippen LogP) is 3.18. The van der Waals surface area contributed by atoms with E-state index in [1.54, 1.807) is 6.07 Å². The lowest BCUT2D eigenvalue weighted by Crippen LogP contribution is -1.98. The molecule has 2 N–H and O–H groups in total. The van der Waals surface area contributed by atoms with Gasteiger partial charge in [0.2, 0.25) is 5.88 Å². The summed E-state index contributed by atoms with van der Waals surface area (Å²) in [6, 6.07) is 4.14. The van der Waals surface area contributed by atoms with Crippen LogP contribution in [-0.2, 0) is 0 Å². The van der Waals surface area contributed by atoms with Gasteiger partial charge in [-0.1, -0.05) is 27.5 Å². The van der Waals surface area contributed by atoms with Gasteiger partial charge in [-0.25, -0.2) is 4.98 Å². The fraction of sp³-hybridized carbons (Fsp3) is 0. The molecule has 1 aromatic carbocycles. The Bertz CT molecular complexity index is 653. The van der Waals surface area contributed by atoms with Crippen LogP contribution < -0.4 is 10.5 Å². The average Bonchev–Trinajstić information content (AvgIpc) is 2.34. The number of ether oxygens (including phenoxy) is 1. The van der Waals surface area contributed by atoms with E-state index in [1.807, 2.05) is 0 Å². The van der Waals surface area contributed by atoms with Crippen LogP contribution >= 0.6 is 27.5 Å². The smallest absolute Gasteiger partial charge is 0.274 e. The molecule has 0 aliphatic heterocycles. The lowest BCUT2D eigenvalue weighted by molar-refractivity contribution is -0.385. The van der Waals surface area contributed by atoms with Gasteiger partial charge in [-0.3, -0.25) is 10.1 Å². The van der Waals surface area contributed by atoms with Crippen molar-refractivity contribution in [3.05, 3.63) is 44.3 Å². The number of aromatic nitrogens is 2. The third-order valence-corrected chi connectivity index (χ3v) is 2.84. The van der Waals surface area contributed by atoms with Gasteiger partial charge < -0.3 is 10.5 Å². The summed E-state index contributed by atoms with van der Waals surface area (Å²) in [5.74, 6) is 0.245. The van der Waals surface area contributed by atoms with Crippen LogP contribution in [0.3, 0.4) is 0 Å². The van der Waals surface area contributed by atoms with Gasteiger partial charge in [0.05, 0.1) is 11.0 Å². The van der Waals surface area contributed by atoms with Crippen LogP contribution in [0, 0.1) is 10.1 Å². The molecule has 0 aliphatic rings. The van der Waals surface area contributed by atoms with E-state index in [1.165, 1.54) is 18.5 Å². The molecule has 2 rings (SSSR count). The van der Waals surface area contributed by atoms with Gasteiger partial charge >= 0.3 is 0 Å². The number of hydrogen-bond acceptors (Lipinski definition) is 6. The number of non-ortho nitro benzene ring substituents is 1. The standard InChI is InChI=1S/C10H6BrClN4O3/c11-5-1-6(16(17)18)3-7(2-5)19-10-8(13)9(12)14-4-15-10/h1-4H,13H2. The minimum absolute atomic E-state index is 0.0346. The maximum atomic E-state index is 10.7. The summed E-state index contributed by atoms with van der Waals surface area (Å²) in [6.45, 7) is 0. The van der Waals surface area contributed by atoms with Gasteiger partial charge in [0.1, 0.15) is 17.8 Å². The zero-order valence-corrected chi connectivity index (χ0v) is 11.6. The van der Waals surface area contributed by atoms with E-state index in [9.17, 15) is 10.1 Å². The molecule has 19 heavy (non-hydrogen) atoms. The number of rotatable bonds is 3. The number of nitro groups is 1. The van der Waals surface area contributed by atoms with Gasteiger partial charge in [-0.05, 0) is 6.07 Å². The van der Waals surface area contributed by atoms with Crippen molar-refractivity contribution in [1.82, 2.24) is 9.97 Å². The highest BCUT2D eigenvalue weighted by atomic mass is 79.9. The molecule has 0 radical (unpaired) electrons. The molecule has 0 unspecified atom stereocenters. The highest BCUT2D eigenvalue weighted by Crippen LogP contribution is 2.32. The highest BCUT2D eigenvalue weighted by molar-refractivity contribution is 9.10. The lowest BCUT2D eigenvalue weighted by atomic mass is 10.3. The minimum Gasteiger partial charge on any atom is -0.437 e. The molecule has 1 aromatic heterocycles. The summed E-state index contributed by atoms with van der Waals surface area (Å²) in [5, 5.41) is 10.8. The molecular weight excluding hydrogens is 339 g/mol. The van der Waals surface area contributed by atoms with Gasteiger partial charge in [0, 0.05) is 10.5 Å². The summed E-state index contributed by atoms with van der Waals surface area (Å²) in [4.78, 5) is 17.7. The monoisotopic (exact) mass is 344 g/mol. The Morgan fingerprint density at radius 1 is 1.37 bits per heavy atom. The Kier molecular flexibility index (Phi) is 3.82. The van der Waals surface area contributed by atoms with Crippen molar-refractivity contribution in [2.24, 2.45) is 0 Å². The predicted molar refractivity (Wildman–Crippen MR) is 72.3 cm³/mol. The summed E-state index contributed by atoms with van der Waals surface area (Å²) in [6.07, 6.45) is 1.18. The third-order valence-electron chi connectivity index (χ3n) is 2.08. The maximum Gasteiger partial charge on any atom is 0.274 e. The molecule has 1 heterocycles. The van der Waals surface area contributed by atoms with E-state index in [0.29, 0.717) is 4.47 Å². The second-order valence-corrected chi connectivity index (χ2v) is 4.66. The van der Waals surface area contributed by atoms with Crippen molar-refractivity contribution in [3.63, 3.8) is 0 Å². The normalized spacial score (nSPS) is 10.2. The first kappa shape index (κ1) is 13.5. The molecule has 0 saturated heterocycles. The van der Waals surface area contributed by atoms with Gasteiger partial charge in [0.25, 0.3) is 5.69 Å². The zero-order chi connectivity index (χ0) is 14.0. The van der Waals surface area contributed by atoms with Crippen molar-refractivity contribution in [2.75, 3.05) is 5.73 Å². The van der Waals surface area contributed by atoms with E-state index in [-0.39, 0.29) is 28.2 Å². The van der Waals surface area contributed by atoms with Gasteiger partial charge in [-0.2, -0.15) is 4.98 Å². The van der Waals surface area contributed by atoms with E-state index in [0.717, 1.165) is 0 Å². The van der Waals surface area contributed by atoms with Gasteiger partial charge in [0.15, 0.2) is 5.15 Å². The second-order valence-electron chi connectivity index (χ2n) is 3.39. The van der Waals surface area contributed by atoms with Crippen LogP contribution in [0.25, 0.3) is 0 Å². The van der Waals surface area contributed by atoms with E-state index < -0.39 is 4.92 Å². The number of hydrogen-bond donors (Lipinski definition) is 1. The Labute approximate surface area is 120 Å². The van der Waals surface area contributed by atoms with Crippen molar-refractivity contribution in [1.29, 1.82) is 0 Å². The topological polar surface area (TPSA) is 104 Å². The largest absolute Gasteiger partial charge is 0.437 e. The zero-order valence-electron chi connectivity index (χ0n) is 9.21. The maximum absolute atomic E-state index is 10.7. The highest BCUT2D eigenvalue weighted by Gasteiger charge is 2.13. The molecule has 2 aromatic rings. The number of halogens is 2. The van der Waals surface area contributed by atoms with Crippen LogP contribution in [-0.4, -0.2) is 14.9 Å². The molecule has 0 atom stereocenters. The van der Waals surface area contributed by atoms with E-state index in [2.05, 4.69) is 25.9 Å². The first-order valence-corrected chi connectivity index (χ1v) is 6.03. The fourth-order valence-corrected chi connectivity index (χ4v) is 1.85. The Morgan fingerprint density at radius 2 is 2.11 bits per heavy atom. The summed E-state index contributed by atoms with van der Waals surface area (Å²) in [7, 11) is 0. The lowest BCUT2D eigenvalue weighted by Gasteiger charge is -2.07. The molecule has 7 nitrogen and oxygen atoms in total. The average molecular weight is 346 g/mol. The molecule has 9 heteroatoms. The summed E-state index contributed by atoms with van der Waals surface area (Å²) >= 11 is 8.87. The summed E-state index contributed by atoms with van der Waals surface area (Å²) < 4.78 is 5.86. The first-order chi connectivity index (χ1) is 8.97. The minimum atomic E-state index is -0.534. The number of nitrogens with zero attached hydrogens (tertiary/aromatic N) is 3. The van der Waals surface area contributed by atoms with Crippen molar-refractivity contribution >= 4 is 38.9 Å². The Balaban J connectivity index is 2.38. The van der Waals surface area contributed by atoms with Crippen LogP contribution in [0.2, 0.25) is 5.15 Å². The van der Waals surface area contributed by atoms with Crippen LogP contribution in [0.15, 0.2) is 29.0 Å². The summed E-state index contributed by atoms with van der Waals surface area (Å²) in [5.41, 5.74) is 5.58. The molecule has 0 amide bonds. The molecule has 0 spiro atoms. The van der Waals surface area contributed by atoms with Crippen LogP contribution in [0.4, 0.5) is 11.4 Å². The first-order valence-electron chi connectivity index (χ1n) is 4.86. The number of benzene rings is 1. The SMILES string of the molecule is Nc1c(Cl)ncnc1Oc1cc(Br)cc([N+](=O)[O-])c1. The molecule has 98 valence electrons. The molecule has 0 fully saturated rings. The number of nitro benzene ring substituents is 1. The van der Waals surface area contributed by atoms with E-state index in [4.69, 9.17) is 22.1 Å². The fourth-order valence-electron chi connectivity index (χ4n) is 1.26. The number of anilines is 1.